The van der Waals surface area contributed by atoms with Crippen molar-refractivity contribution in [1.29, 1.82) is 0 Å². The number of hydrogen-bond acceptors (Lipinski definition) is 11. The number of carbonyl (C=O) groups excluding carboxylic acids is 4. The zero-order valence-electron chi connectivity index (χ0n) is 32.7. The van der Waals surface area contributed by atoms with Gasteiger partial charge in [0.1, 0.15) is 24.3 Å². The molecule has 298 valence electrons. The van der Waals surface area contributed by atoms with E-state index in [4.69, 9.17) is 23.9 Å². The number of carbonyl (C=O) groups is 4. The molecule has 15 heteroatoms. The summed E-state index contributed by atoms with van der Waals surface area (Å²) in [5.74, 6) is -0.129. The number of amides is 3. The van der Waals surface area contributed by atoms with Gasteiger partial charge in [0.2, 0.25) is 18.6 Å². The van der Waals surface area contributed by atoms with Gasteiger partial charge in [0.25, 0.3) is 5.56 Å². The van der Waals surface area contributed by atoms with Crippen molar-refractivity contribution in [2.24, 2.45) is 17.8 Å². The number of nitrogens with one attached hydrogen (secondary N) is 3. The summed E-state index contributed by atoms with van der Waals surface area (Å²) < 4.78 is 23.8. The normalized spacial score (nSPS) is 25.3. The molecule has 6 aliphatic rings. The van der Waals surface area contributed by atoms with Crippen molar-refractivity contribution in [3.63, 3.8) is 0 Å². The van der Waals surface area contributed by atoms with Crippen molar-refractivity contribution in [3.8, 4) is 22.9 Å². The van der Waals surface area contributed by atoms with Gasteiger partial charge < -0.3 is 44.6 Å². The molecule has 5 atom stereocenters. The Morgan fingerprint density at radius 1 is 0.982 bits per heavy atom. The summed E-state index contributed by atoms with van der Waals surface area (Å²) in [5, 5.41) is 21.0. The minimum atomic E-state index is -1.95. The number of pyridine rings is 2. The van der Waals surface area contributed by atoms with E-state index >= 15 is 0 Å². The Hall–Kier alpha value is -5.18. The molecule has 1 unspecified atom stereocenters. The lowest BCUT2D eigenvalue weighted by atomic mass is 9.55. The number of nitrogens with zero attached hydrogens (tertiary/aromatic N) is 2. The number of rotatable bonds is 8. The largest absolute Gasteiger partial charge is 0.458 e. The van der Waals surface area contributed by atoms with Crippen molar-refractivity contribution in [2.45, 2.75) is 123 Å². The predicted octanol–water partition coefficient (Wildman–Crippen LogP) is 3.86. The Bertz CT molecular complexity index is 2240. The molecule has 15 nitrogen and oxygen atoms in total. The molecule has 2 aromatic heterocycles. The molecule has 5 heterocycles. The van der Waals surface area contributed by atoms with Crippen molar-refractivity contribution in [1.82, 2.24) is 25.5 Å². The van der Waals surface area contributed by atoms with Crippen LogP contribution in [-0.4, -0.2) is 69.1 Å². The lowest BCUT2D eigenvalue weighted by Gasteiger charge is -2.52. The lowest BCUT2D eigenvalue weighted by molar-refractivity contribution is -0.172. The molecular formula is C41H49N5O10. The average molecular weight is 772 g/mol. The fourth-order valence-electron chi connectivity index (χ4n) is 9.12. The third-order valence-corrected chi connectivity index (χ3v) is 12.2. The number of ether oxygens (including phenoxy) is 4. The number of aromatic nitrogens is 2. The predicted molar refractivity (Wildman–Crippen MR) is 202 cm³/mol. The SMILES string of the molecule is CC[C@@]1(O)C(=O)OCc2c1cc1n(c2=O)Cc2c-1nc1cc3c(cc1c2[C@H]1CC(NC(=O)[C@H](C)NC(=O)[C@@H](NC(=O)OC(C)(C)C)C(C)C)C2CC1C2)OCO3. The highest BCUT2D eigenvalue weighted by atomic mass is 16.7. The Kier molecular flexibility index (Phi) is 9.09. The van der Waals surface area contributed by atoms with Gasteiger partial charge >= 0.3 is 12.1 Å². The van der Waals surface area contributed by atoms with E-state index in [9.17, 15) is 29.1 Å². The summed E-state index contributed by atoms with van der Waals surface area (Å²) in [4.78, 5) is 71.5. The fourth-order valence-corrected chi connectivity index (χ4v) is 9.12. The Labute approximate surface area is 323 Å². The molecular weight excluding hydrogens is 722 g/mol. The van der Waals surface area contributed by atoms with Crippen LogP contribution < -0.4 is 31.0 Å². The molecule has 3 aliphatic carbocycles. The zero-order valence-corrected chi connectivity index (χ0v) is 32.7. The number of alkyl carbamates (subject to hydrolysis) is 1. The maximum Gasteiger partial charge on any atom is 0.408 e. The fraction of sp³-hybridized carbons (Fsp3) is 0.561. The summed E-state index contributed by atoms with van der Waals surface area (Å²) in [6.45, 7) is 12.2. The number of benzene rings is 1. The van der Waals surface area contributed by atoms with E-state index in [0.717, 1.165) is 29.4 Å². The van der Waals surface area contributed by atoms with Gasteiger partial charge in [-0.3, -0.25) is 14.4 Å². The summed E-state index contributed by atoms with van der Waals surface area (Å²) in [6, 6.07) is 3.54. The van der Waals surface area contributed by atoms with E-state index in [1.165, 1.54) is 0 Å². The van der Waals surface area contributed by atoms with Gasteiger partial charge in [-0.05, 0) is 94.7 Å². The van der Waals surface area contributed by atoms with Crippen LogP contribution in [0.3, 0.4) is 0 Å². The summed E-state index contributed by atoms with van der Waals surface area (Å²) in [6.07, 6.45) is 1.72. The van der Waals surface area contributed by atoms with E-state index in [2.05, 4.69) is 16.0 Å². The Morgan fingerprint density at radius 2 is 1.70 bits per heavy atom. The molecule has 4 N–H and O–H groups in total. The van der Waals surface area contributed by atoms with Crippen molar-refractivity contribution in [2.75, 3.05) is 6.79 Å². The first-order valence-corrected chi connectivity index (χ1v) is 19.5. The summed E-state index contributed by atoms with van der Waals surface area (Å²) in [7, 11) is 0. The van der Waals surface area contributed by atoms with Crippen LogP contribution in [0.15, 0.2) is 23.0 Å². The Balaban J connectivity index is 1.09. The highest BCUT2D eigenvalue weighted by molar-refractivity contribution is 5.93. The number of esters is 1. The lowest BCUT2D eigenvalue weighted by Crippen LogP contribution is -2.58. The van der Waals surface area contributed by atoms with Crippen molar-refractivity contribution >= 4 is 34.8 Å². The van der Waals surface area contributed by atoms with E-state index in [0.29, 0.717) is 40.7 Å². The minimum Gasteiger partial charge on any atom is -0.458 e. The molecule has 3 saturated carbocycles. The maximum absolute atomic E-state index is 14.1. The van der Waals surface area contributed by atoms with E-state index in [1.54, 1.807) is 59.1 Å². The second kappa shape index (κ2) is 13.5. The smallest absolute Gasteiger partial charge is 0.408 e. The van der Waals surface area contributed by atoms with Gasteiger partial charge in [-0.25, -0.2) is 14.6 Å². The van der Waals surface area contributed by atoms with E-state index < -0.39 is 41.3 Å². The second-order valence-corrected chi connectivity index (χ2v) is 17.2. The van der Waals surface area contributed by atoms with Gasteiger partial charge in [-0.1, -0.05) is 20.8 Å². The third kappa shape index (κ3) is 6.23. The average Bonchev–Trinajstić information content (AvgIpc) is 3.73. The third-order valence-electron chi connectivity index (χ3n) is 12.2. The maximum atomic E-state index is 14.1. The topological polar surface area (TPSA) is 196 Å². The molecule has 1 aromatic carbocycles. The highest BCUT2D eigenvalue weighted by Crippen LogP contribution is 2.56. The van der Waals surface area contributed by atoms with Crippen molar-refractivity contribution < 1.29 is 43.2 Å². The molecule has 2 bridgehead atoms. The minimum absolute atomic E-state index is 0.0182. The van der Waals surface area contributed by atoms with E-state index in [1.807, 2.05) is 12.1 Å². The van der Waals surface area contributed by atoms with E-state index in [-0.39, 0.29) is 72.8 Å². The van der Waals surface area contributed by atoms with Crippen LogP contribution in [0, 0.1) is 17.8 Å². The first-order chi connectivity index (χ1) is 26.5. The number of hydrogen-bond donors (Lipinski definition) is 4. The van der Waals surface area contributed by atoms with Crippen LogP contribution in [0.1, 0.15) is 102 Å². The molecule has 56 heavy (non-hydrogen) atoms. The first kappa shape index (κ1) is 37.7. The second-order valence-electron chi connectivity index (χ2n) is 17.2. The standard InChI is InChI=1S/C41H49N5O10/c1-8-41(52)26-13-29-34-24(15-46(29)37(49)25(26)16-53-38(41)50)32(23-12-30-31(55-17-54-30)14-28(23)43-34)22-11-27(21-9-20(22)10-21)44-35(47)19(4)42-36(48)33(18(2)3)45-39(51)56-40(5,6)7/h12-14,18-22,27,33,52H,8-11,15-17H2,1-7H3,(H,42,48)(H,44,47)(H,45,51)/t19-,20?,21?,22-,27?,33-,41-/m0/s1. The number of fused-ring (bicyclic) bond motifs is 8. The summed E-state index contributed by atoms with van der Waals surface area (Å²) >= 11 is 0. The van der Waals surface area contributed by atoms with Crippen LogP contribution in [0.25, 0.3) is 22.3 Å². The van der Waals surface area contributed by atoms with Gasteiger partial charge in [0, 0.05) is 28.6 Å². The van der Waals surface area contributed by atoms with Crippen molar-refractivity contribution in [3.05, 3.63) is 50.8 Å². The highest BCUT2D eigenvalue weighted by Gasteiger charge is 2.50. The van der Waals surface area contributed by atoms with Gasteiger partial charge in [0.15, 0.2) is 17.1 Å². The molecule has 3 amide bonds. The molecule has 0 spiro atoms. The number of cyclic esters (lactones) is 1. The van der Waals surface area contributed by atoms with Crippen LogP contribution in [-0.2, 0) is 42.6 Å². The molecule has 9 rings (SSSR count). The molecule has 0 saturated heterocycles. The molecule has 3 aliphatic heterocycles. The van der Waals surface area contributed by atoms with Gasteiger partial charge in [-0.15, -0.1) is 0 Å². The van der Waals surface area contributed by atoms with Gasteiger partial charge in [-0.2, -0.15) is 0 Å². The molecule has 3 aromatic rings. The summed E-state index contributed by atoms with van der Waals surface area (Å²) in [5.41, 5.74) is 1.15. The molecule has 3 fully saturated rings. The van der Waals surface area contributed by atoms with Crippen LogP contribution in [0.4, 0.5) is 4.79 Å². The first-order valence-electron chi connectivity index (χ1n) is 19.5. The van der Waals surface area contributed by atoms with Crippen LogP contribution >= 0.6 is 0 Å². The van der Waals surface area contributed by atoms with Crippen LogP contribution in [0.5, 0.6) is 11.5 Å². The van der Waals surface area contributed by atoms with Gasteiger partial charge in [0.05, 0.1) is 29.0 Å². The molecule has 0 radical (unpaired) electrons. The van der Waals surface area contributed by atoms with Crippen LogP contribution in [0.2, 0.25) is 0 Å². The Morgan fingerprint density at radius 3 is 2.38 bits per heavy atom. The zero-order chi connectivity index (χ0) is 40.0. The quantitative estimate of drug-likeness (QED) is 0.190. The number of aliphatic hydroxyl groups is 1. The monoisotopic (exact) mass is 771 g/mol.